The second kappa shape index (κ2) is 3.56. The fraction of sp³-hybridized carbons (Fsp3) is 1.00. The summed E-state index contributed by atoms with van der Waals surface area (Å²) in [6, 6.07) is 0. The lowest BCUT2D eigenvalue weighted by Crippen LogP contribution is -1.55. The summed E-state index contributed by atoms with van der Waals surface area (Å²) in [5.41, 5.74) is 7.56. The molecule has 5 nitrogen and oxygen atoms in total. The van der Waals surface area contributed by atoms with Gasteiger partial charge in [0, 0.05) is 10.4 Å². The Morgan fingerprint density at radius 1 is 2.00 bits per heavy atom. The third kappa shape index (κ3) is 3.19. The van der Waals surface area contributed by atoms with Crippen LogP contribution in [0.2, 0.25) is 0 Å². The van der Waals surface area contributed by atoms with Gasteiger partial charge in [-0.05, 0) is 4.57 Å². The summed E-state index contributed by atoms with van der Waals surface area (Å²) < 4.78 is 14.0. The summed E-state index contributed by atoms with van der Waals surface area (Å²) >= 11 is 0. The molecule has 38 valence electrons. The lowest BCUT2D eigenvalue weighted by molar-refractivity contribution is 0.415. The Kier molecular flexibility index (Phi) is 3.24. The van der Waals surface area contributed by atoms with Crippen LogP contribution in [-0.2, 0) is 9.09 Å². The van der Waals surface area contributed by atoms with E-state index < -0.39 is 8.18 Å². The van der Waals surface area contributed by atoms with E-state index in [1.165, 1.54) is 7.11 Å². The average Bonchev–Trinajstić information content (AvgIpc) is 1.68. The van der Waals surface area contributed by atoms with Gasteiger partial charge < -0.3 is 0 Å². The van der Waals surface area contributed by atoms with E-state index in [1.807, 2.05) is 0 Å². The van der Waals surface area contributed by atoms with Gasteiger partial charge in [0.2, 0.25) is 0 Å². The van der Waals surface area contributed by atoms with Crippen LogP contribution < -0.4 is 0 Å². The third-order valence-corrected chi connectivity index (χ3v) is 0.808. The molecule has 0 aliphatic rings. The first-order valence-corrected chi connectivity index (χ1v) is 2.50. The van der Waals surface area contributed by atoms with Crippen LogP contribution in [0.4, 0.5) is 0 Å². The largest absolute Gasteiger partial charge is 0.638 e. The van der Waals surface area contributed by atoms with Crippen molar-refractivity contribution in [1.82, 2.24) is 0 Å². The SMILES string of the molecule is CO[P+](=O)N=[N+]=[N-]. The van der Waals surface area contributed by atoms with Gasteiger partial charge in [-0.15, -0.1) is 4.52 Å². The quantitative estimate of drug-likeness (QED) is 0.240. The van der Waals surface area contributed by atoms with Crippen molar-refractivity contribution in [2.45, 2.75) is 0 Å². The first-order valence-electron chi connectivity index (χ1n) is 1.37. The zero-order valence-corrected chi connectivity index (χ0v) is 4.50. The highest BCUT2D eigenvalue weighted by molar-refractivity contribution is 7.37. The highest BCUT2D eigenvalue weighted by atomic mass is 31.1. The summed E-state index contributed by atoms with van der Waals surface area (Å²) in [6.45, 7) is 0. The van der Waals surface area contributed by atoms with Gasteiger partial charge in [-0.25, -0.2) is 0 Å². The van der Waals surface area contributed by atoms with Crippen LogP contribution in [0.1, 0.15) is 0 Å². The molecule has 7 heavy (non-hydrogen) atoms. The molecule has 0 N–H and O–H groups in total. The summed E-state index contributed by atoms with van der Waals surface area (Å²) in [6.07, 6.45) is 0. The van der Waals surface area contributed by atoms with Crippen molar-refractivity contribution in [3.8, 4) is 0 Å². The average molecular weight is 120 g/mol. The molecule has 0 spiro atoms. The van der Waals surface area contributed by atoms with Gasteiger partial charge in [0.15, 0.2) is 4.88 Å². The van der Waals surface area contributed by atoms with Gasteiger partial charge in [-0.1, -0.05) is 0 Å². The maximum absolute atomic E-state index is 9.92. The molecule has 0 rings (SSSR count). The van der Waals surface area contributed by atoms with Gasteiger partial charge in [0.05, 0.1) is 7.11 Å². The normalized spacial score (nSPS) is 9.57. The Hall–Kier alpha value is -0.630. The Morgan fingerprint density at radius 3 is 2.71 bits per heavy atom. The molecule has 0 radical (unpaired) electrons. The molecule has 0 heterocycles. The Bertz CT molecular complexity index is 116. The van der Waals surface area contributed by atoms with Crippen molar-refractivity contribution in [3.05, 3.63) is 10.4 Å². The number of nitrogens with zero attached hydrogens (tertiary/aromatic N) is 3. The van der Waals surface area contributed by atoms with Crippen molar-refractivity contribution in [1.29, 1.82) is 0 Å². The fourth-order valence-electron chi connectivity index (χ4n) is 0.0692. The monoisotopic (exact) mass is 120 g/mol. The predicted molar refractivity (Wildman–Crippen MR) is 23.8 cm³/mol. The summed E-state index contributed by atoms with van der Waals surface area (Å²) in [5, 5.41) is 0. The molecular weight excluding hydrogens is 117 g/mol. The highest BCUT2D eigenvalue weighted by Gasteiger charge is 2.08. The van der Waals surface area contributed by atoms with Crippen molar-refractivity contribution < 1.29 is 9.09 Å². The Morgan fingerprint density at radius 2 is 2.57 bits per heavy atom. The first kappa shape index (κ1) is 6.37. The standard InChI is InChI=1S/CH3N3O2P/c1-6-7(5)4-3-2/h1H3/q+1. The minimum atomic E-state index is -2.12. The summed E-state index contributed by atoms with van der Waals surface area (Å²) in [4.78, 5) is 4.93. The van der Waals surface area contributed by atoms with Crippen LogP contribution in [0.15, 0.2) is 4.88 Å². The van der Waals surface area contributed by atoms with Gasteiger partial charge in [0.1, 0.15) is 0 Å². The van der Waals surface area contributed by atoms with E-state index in [2.05, 4.69) is 14.3 Å². The second-order valence-electron chi connectivity index (χ2n) is 0.599. The van der Waals surface area contributed by atoms with Crippen LogP contribution in [0.5, 0.6) is 0 Å². The smallest absolute Gasteiger partial charge is 0.138 e. The van der Waals surface area contributed by atoms with E-state index >= 15 is 0 Å². The second-order valence-corrected chi connectivity index (χ2v) is 1.62. The molecule has 0 bridgehead atoms. The third-order valence-electron chi connectivity index (χ3n) is 0.269. The van der Waals surface area contributed by atoms with Crippen LogP contribution in [-0.4, -0.2) is 7.11 Å². The summed E-state index contributed by atoms with van der Waals surface area (Å²) in [7, 11) is -0.918. The molecule has 0 aromatic carbocycles. The van der Waals surface area contributed by atoms with E-state index in [9.17, 15) is 4.57 Å². The van der Waals surface area contributed by atoms with Gasteiger partial charge in [-0.2, -0.15) is 0 Å². The molecule has 0 amide bonds. The maximum Gasteiger partial charge on any atom is 0.638 e. The molecule has 1 unspecified atom stereocenters. The molecular formula is CH3N3O2P+. The molecule has 6 heteroatoms. The first-order chi connectivity index (χ1) is 3.31. The van der Waals surface area contributed by atoms with E-state index in [0.29, 0.717) is 0 Å². The number of hydrogen-bond donors (Lipinski definition) is 0. The van der Waals surface area contributed by atoms with Gasteiger partial charge >= 0.3 is 8.18 Å². The van der Waals surface area contributed by atoms with Crippen LogP contribution in [0.3, 0.4) is 0 Å². The van der Waals surface area contributed by atoms with E-state index in [0.717, 1.165) is 0 Å². The maximum atomic E-state index is 9.92. The van der Waals surface area contributed by atoms with E-state index in [-0.39, 0.29) is 0 Å². The van der Waals surface area contributed by atoms with Crippen molar-refractivity contribution >= 4 is 8.18 Å². The number of hydrogen-bond acceptors (Lipinski definition) is 2. The Labute approximate surface area is 40.8 Å². The van der Waals surface area contributed by atoms with E-state index in [1.54, 1.807) is 0 Å². The molecule has 0 aliphatic heterocycles. The topological polar surface area (TPSA) is 75.1 Å². The molecule has 1 atom stereocenters. The molecule has 0 saturated heterocycles. The van der Waals surface area contributed by atoms with Gasteiger partial charge in [0.25, 0.3) is 0 Å². The molecule has 0 aromatic rings. The van der Waals surface area contributed by atoms with Crippen LogP contribution in [0.25, 0.3) is 10.4 Å². The van der Waals surface area contributed by atoms with Crippen molar-refractivity contribution in [2.75, 3.05) is 7.11 Å². The molecule has 0 saturated carbocycles. The minimum Gasteiger partial charge on any atom is -0.138 e. The zero-order valence-electron chi connectivity index (χ0n) is 3.61. The van der Waals surface area contributed by atoms with Crippen molar-refractivity contribution in [2.24, 2.45) is 4.88 Å². The number of azide groups is 1. The van der Waals surface area contributed by atoms with E-state index in [4.69, 9.17) is 5.53 Å². The van der Waals surface area contributed by atoms with Crippen molar-refractivity contribution in [3.63, 3.8) is 0 Å². The number of rotatable bonds is 2. The van der Waals surface area contributed by atoms with Crippen LogP contribution >= 0.6 is 8.18 Å². The molecule has 0 fully saturated rings. The summed E-state index contributed by atoms with van der Waals surface area (Å²) in [5.74, 6) is 0. The zero-order chi connectivity index (χ0) is 5.70. The molecule has 0 aliphatic carbocycles. The highest BCUT2D eigenvalue weighted by Crippen LogP contribution is 2.20. The van der Waals surface area contributed by atoms with Crippen LogP contribution in [0, 0.1) is 0 Å². The molecule has 0 aromatic heterocycles. The predicted octanol–water partition coefficient (Wildman–Crippen LogP) is 1.60. The fourth-order valence-corrected chi connectivity index (χ4v) is 0.208. The lowest BCUT2D eigenvalue weighted by atomic mass is 11.8. The van der Waals surface area contributed by atoms with Gasteiger partial charge in [-0.3, -0.25) is 0 Å². The lowest BCUT2D eigenvalue weighted by Gasteiger charge is -1.58. The minimum absolute atomic E-state index is 1.20. The Balaban J connectivity index is 3.58.